The molecule has 0 atom stereocenters. The largest absolute Gasteiger partial charge is 0.497 e. The molecule has 1 fully saturated rings. The van der Waals surface area contributed by atoms with Crippen LogP contribution in [-0.4, -0.2) is 63.6 Å². The molecule has 0 saturated carbocycles. The fourth-order valence-electron chi connectivity index (χ4n) is 2.77. The number of methoxy groups -OCH3 is 1. The van der Waals surface area contributed by atoms with Crippen LogP contribution < -0.4 is 10.1 Å². The minimum Gasteiger partial charge on any atom is -0.497 e. The highest BCUT2D eigenvalue weighted by Gasteiger charge is 2.40. The lowest BCUT2D eigenvalue weighted by molar-refractivity contribution is 0.353. The SMILES string of the molecule is CN=C(NCCc1ccc(OC)cc1)N1CCS(=O)(=O)C(C)(C)C1. The lowest BCUT2D eigenvalue weighted by atomic mass is 10.1. The number of nitrogens with one attached hydrogen (secondary N) is 1. The van der Waals surface area contributed by atoms with Crippen molar-refractivity contribution >= 4 is 15.8 Å². The van der Waals surface area contributed by atoms with Crippen LogP contribution in [0.25, 0.3) is 0 Å². The number of nitrogens with zero attached hydrogens (tertiary/aromatic N) is 2. The third kappa shape index (κ3) is 4.20. The molecule has 1 heterocycles. The van der Waals surface area contributed by atoms with Crippen LogP contribution in [0.15, 0.2) is 29.3 Å². The molecule has 6 nitrogen and oxygen atoms in total. The summed E-state index contributed by atoms with van der Waals surface area (Å²) in [6, 6.07) is 7.98. The summed E-state index contributed by atoms with van der Waals surface area (Å²) in [6.45, 7) is 5.23. The van der Waals surface area contributed by atoms with Crippen molar-refractivity contribution in [2.45, 2.75) is 25.0 Å². The van der Waals surface area contributed by atoms with Crippen LogP contribution in [-0.2, 0) is 16.3 Å². The van der Waals surface area contributed by atoms with Gasteiger partial charge in [0.25, 0.3) is 0 Å². The number of sulfone groups is 1. The first-order chi connectivity index (χ1) is 11.3. The lowest BCUT2D eigenvalue weighted by Gasteiger charge is -2.39. The van der Waals surface area contributed by atoms with E-state index in [0.717, 1.165) is 24.7 Å². The number of hydrogen-bond acceptors (Lipinski definition) is 4. The monoisotopic (exact) mass is 353 g/mol. The van der Waals surface area contributed by atoms with Crippen LogP contribution in [0.2, 0.25) is 0 Å². The summed E-state index contributed by atoms with van der Waals surface area (Å²) in [5.74, 6) is 1.77. The minimum atomic E-state index is -3.04. The fourth-order valence-corrected chi connectivity index (χ4v) is 4.13. The molecule has 1 N–H and O–H groups in total. The molecular formula is C17H27N3O3S. The number of rotatable bonds is 4. The molecule has 0 radical (unpaired) electrons. The van der Waals surface area contributed by atoms with Gasteiger partial charge in [0.2, 0.25) is 0 Å². The maximum absolute atomic E-state index is 12.1. The summed E-state index contributed by atoms with van der Waals surface area (Å²) in [4.78, 5) is 6.32. The average molecular weight is 353 g/mol. The lowest BCUT2D eigenvalue weighted by Crippen LogP contribution is -2.57. The molecule has 7 heteroatoms. The van der Waals surface area contributed by atoms with Crippen LogP contribution in [0.3, 0.4) is 0 Å². The van der Waals surface area contributed by atoms with Crippen molar-refractivity contribution in [1.29, 1.82) is 0 Å². The third-order valence-corrected chi connectivity index (χ3v) is 6.94. The van der Waals surface area contributed by atoms with Crippen molar-refractivity contribution in [2.24, 2.45) is 4.99 Å². The van der Waals surface area contributed by atoms with Gasteiger partial charge >= 0.3 is 0 Å². The normalized spacial score (nSPS) is 19.8. The van der Waals surface area contributed by atoms with Crippen LogP contribution in [0.1, 0.15) is 19.4 Å². The summed E-state index contributed by atoms with van der Waals surface area (Å²) in [6.07, 6.45) is 0.860. The van der Waals surface area contributed by atoms with Crippen molar-refractivity contribution in [3.63, 3.8) is 0 Å². The van der Waals surface area contributed by atoms with Gasteiger partial charge in [0, 0.05) is 26.7 Å². The predicted molar refractivity (Wildman–Crippen MR) is 97.5 cm³/mol. The van der Waals surface area contributed by atoms with E-state index in [1.807, 2.05) is 29.2 Å². The number of hydrogen-bond donors (Lipinski definition) is 1. The molecule has 0 bridgehead atoms. The fraction of sp³-hybridized carbons (Fsp3) is 0.588. The second-order valence-corrected chi connectivity index (χ2v) is 9.32. The van der Waals surface area contributed by atoms with Crippen molar-refractivity contribution in [3.05, 3.63) is 29.8 Å². The Balaban J connectivity index is 1.91. The first-order valence-electron chi connectivity index (χ1n) is 8.10. The molecule has 1 aliphatic heterocycles. The van der Waals surface area contributed by atoms with E-state index in [2.05, 4.69) is 10.3 Å². The van der Waals surface area contributed by atoms with Gasteiger partial charge in [-0.2, -0.15) is 0 Å². The second-order valence-electron chi connectivity index (χ2n) is 6.57. The molecule has 1 saturated heterocycles. The zero-order valence-corrected chi connectivity index (χ0v) is 15.7. The molecule has 1 aliphatic rings. The van der Waals surface area contributed by atoms with Gasteiger partial charge in [-0.3, -0.25) is 4.99 Å². The van der Waals surface area contributed by atoms with Gasteiger partial charge in [0.1, 0.15) is 5.75 Å². The Kier molecular flexibility index (Phi) is 5.74. The highest BCUT2D eigenvalue weighted by atomic mass is 32.2. The first kappa shape index (κ1) is 18.6. The molecule has 0 unspecified atom stereocenters. The highest BCUT2D eigenvalue weighted by molar-refractivity contribution is 7.92. The summed E-state index contributed by atoms with van der Waals surface area (Å²) in [7, 11) is 0.340. The molecule has 0 aliphatic carbocycles. The van der Waals surface area contributed by atoms with Crippen LogP contribution in [0.4, 0.5) is 0 Å². The molecule has 2 rings (SSSR count). The van der Waals surface area contributed by atoms with Gasteiger partial charge in [0.15, 0.2) is 15.8 Å². The van der Waals surface area contributed by atoms with Gasteiger partial charge < -0.3 is 15.0 Å². The van der Waals surface area contributed by atoms with Crippen LogP contribution >= 0.6 is 0 Å². The predicted octanol–water partition coefficient (Wildman–Crippen LogP) is 1.32. The molecule has 24 heavy (non-hydrogen) atoms. The van der Waals surface area contributed by atoms with Gasteiger partial charge in [-0.05, 0) is 38.0 Å². The second kappa shape index (κ2) is 7.42. The standard InChI is InChI=1S/C17H27N3O3S/c1-17(2)13-20(11-12-24(17,21)22)16(18-3)19-10-9-14-5-7-15(23-4)8-6-14/h5-8H,9-13H2,1-4H3,(H,18,19). The summed E-state index contributed by atoms with van der Waals surface area (Å²) in [5.41, 5.74) is 1.21. The van der Waals surface area contributed by atoms with Crippen molar-refractivity contribution in [3.8, 4) is 5.75 Å². The number of ether oxygens (including phenoxy) is 1. The Bertz CT molecular complexity index is 682. The quantitative estimate of drug-likeness (QED) is 0.653. The molecule has 1 aromatic carbocycles. The van der Waals surface area contributed by atoms with Crippen molar-refractivity contribution in [2.75, 3.05) is 39.5 Å². The Morgan fingerprint density at radius 2 is 2.00 bits per heavy atom. The Labute approximate surface area is 144 Å². The van der Waals surface area contributed by atoms with Gasteiger partial charge in [-0.25, -0.2) is 8.42 Å². The highest BCUT2D eigenvalue weighted by Crippen LogP contribution is 2.23. The molecule has 0 spiro atoms. The smallest absolute Gasteiger partial charge is 0.193 e. The zero-order chi connectivity index (χ0) is 17.8. The summed E-state index contributed by atoms with van der Waals surface area (Å²) < 4.78 is 28.6. The van der Waals surface area contributed by atoms with E-state index in [-0.39, 0.29) is 5.75 Å². The number of aliphatic imine (C=N–C) groups is 1. The number of guanidine groups is 1. The molecule has 134 valence electrons. The Hall–Kier alpha value is -1.76. The molecule has 0 aromatic heterocycles. The maximum Gasteiger partial charge on any atom is 0.193 e. The minimum absolute atomic E-state index is 0.166. The number of benzene rings is 1. The third-order valence-electron chi connectivity index (χ3n) is 4.41. The Morgan fingerprint density at radius 3 is 2.54 bits per heavy atom. The Morgan fingerprint density at radius 1 is 1.33 bits per heavy atom. The molecular weight excluding hydrogens is 326 g/mol. The summed E-state index contributed by atoms with van der Waals surface area (Å²) in [5, 5.41) is 3.33. The van der Waals surface area contributed by atoms with E-state index in [9.17, 15) is 8.42 Å². The van der Waals surface area contributed by atoms with Gasteiger partial charge in [-0.15, -0.1) is 0 Å². The average Bonchev–Trinajstić information content (AvgIpc) is 2.55. The first-order valence-corrected chi connectivity index (χ1v) is 9.75. The summed E-state index contributed by atoms with van der Waals surface area (Å²) >= 11 is 0. The van der Waals surface area contributed by atoms with Crippen LogP contribution in [0.5, 0.6) is 5.75 Å². The topological polar surface area (TPSA) is 71.0 Å². The van der Waals surface area contributed by atoms with E-state index in [4.69, 9.17) is 4.74 Å². The van der Waals surface area contributed by atoms with E-state index in [1.165, 1.54) is 5.56 Å². The molecule has 1 aromatic rings. The van der Waals surface area contributed by atoms with Gasteiger partial charge in [-0.1, -0.05) is 12.1 Å². The van der Waals surface area contributed by atoms with E-state index in [1.54, 1.807) is 28.0 Å². The van der Waals surface area contributed by atoms with E-state index in [0.29, 0.717) is 13.1 Å². The van der Waals surface area contributed by atoms with E-state index >= 15 is 0 Å². The zero-order valence-electron chi connectivity index (χ0n) is 14.9. The van der Waals surface area contributed by atoms with Gasteiger partial charge in [0.05, 0.1) is 17.6 Å². The van der Waals surface area contributed by atoms with Crippen LogP contribution in [0, 0.1) is 0 Å². The maximum atomic E-state index is 12.1. The van der Waals surface area contributed by atoms with E-state index < -0.39 is 14.6 Å². The van der Waals surface area contributed by atoms with Crippen molar-refractivity contribution < 1.29 is 13.2 Å². The molecule has 0 amide bonds. The van der Waals surface area contributed by atoms with Crippen molar-refractivity contribution in [1.82, 2.24) is 10.2 Å².